The van der Waals surface area contributed by atoms with Gasteiger partial charge in [0.1, 0.15) is 5.82 Å². The number of hydrogen-bond acceptors (Lipinski definition) is 3. The van der Waals surface area contributed by atoms with Gasteiger partial charge in [0.2, 0.25) is 0 Å². The van der Waals surface area contributed by atoms with Crippen molar-refractivity contribution in [3.8, 4) is 0 Å². The Bertz CT molecular complexity index is 696. The summed E-state index contributed by atoms with van der Waals surface area (Å²) in [5.74, 6) is -0.385. The van der Waals surface area contributed by atoms with Crippen LogP contribution in [-0.2, 0) is 6.54 Å². The molecule has 0 unspecified atom stereocenters. The lowest BCUT2D eigenvalue weighted by Crippen LogP contribution is -2.24. The highest BCUT2D eigenvalue weighted by Gasteiger charge is 2.30. The Morgan fingerprint density at radius 2 is 2.29 bits per heavy atom. The summed E-state index contributed by atoms with van der Waals surface area (Å²) in [4.78, 5) is 12.1. The van der Waals surface area contributed by atoms with Crippen molar-refractivity contribution >= 4 is 27.5 Å². The molecule has 110 valence electrons. The van der Waals surface area contributed by atoms with Crippen LogP contribution < -0.4 is 11.1 Å². The first kappa shape index (κ1) is 14.1. The standard InChI is InChI=1S/C14H14BrFN4O/c15-9-3-4-10(16)8(5-9)6-18-14(21)13-11(17)12(19-20-13)7-1-2-7/h3-5,7H,1-2,6,17H2,(H,18,21)(H,19,20). The number of nitrogens with zero attached hydrogens (tertiary/aromatic N) is 1. The third kappa shape index (κ3) is 2.92. The minimum absolute atomic E-state index is 0.0785. The maximum atomic E-state index is 13.6. The summed E-state index contributed by atoms with van der Waals surface area (Å²) in [6.07, 6.45) is 2.13. The Balaban J connectivity index is 1.70. The number of anilines is 1. The van der Waals surface area contributed by atoms with E-state index in [4.69, 9.17) is 5.73 Å². The van der Waals surface area contributed by atoms with Gasteiger partial charge in [-0.3, -0.25) is 9.89 Å². The topological polar surface area (TPSA) is 83.8 Å². The molecule has 0 spiro atoms. The van der Waals surface area contributed by atoms with Crippen LogP contribution in [0.5, 0.6) is 0 Å². The van der Waals surface area contributed by atoms with Crippen molar-refractivity contribution < 1.29 is 9.18 Å². The van der Waals surface area contributed by atoms with Crippen molar-refractivity contribution in [2.24, 2.45) is 0 Å². The lowest BCUT2D eigenvalue weighted by molar-refractivity contribution is 0.0946. The SMILES string of the molecule is Nc1c(C(=O)NCc2cc(Br)ccc2F)n[nH]c1C1CC1. The Kier molecular flexibility index (Phi) is 3.67. The van der Waals surface area contributed by atoms with Crippen molar-refractivity contribution in [3.05, 3.63) is 45.4 Å². The predicted octanol–water partition coefficient (Wildman–Crippen LogP) is 2.70. The van der Waals surface area contributed by atoms with Crippen LogP contribution in [0.2, 0.25) is 0 Å². The largest absolute Gasteiger partial charge is 0.395 e. The maximum Gasteiger partial charge on any atom is 0.274 e. The maximum absolute atomic E-state index is 13.6. The van der Waals surface area contributed by atoms with Gasteiger partial charge >= 0.3 is 0 Å². The van der Waals surface area contributed by atoms with Gasteiger partial charge in [-0.15, -0.1) is 0 Å². The number of carbonyl (C=O) groups is 1. The van der Waals surface area contributed by atoms with Crippen LogP contribution in [0, 0.1) is 5.82 Å². The van der Waals surface area contributed by atoms with E-state index in [-0.39, 0.29) is 18.1 Å². The van der Waals surface area contributed by atoms with Crippen LogP contribution in [0.15, 0.2) is 22.7 Å². The van der Waals surface area contributed by atoms with Crippen molar-refractivity contribution in [3.63, 3.8) is 0 Å². The fourth-order valence-electron chi connectivity index (χ4n) is 2.16. The Morgan fingerprint density at radius 1 is 1.52 bits per heavy atom. The van der Waals surface area contributed by atoms with Gasteiger partial charge in [-0.05, 0) is 31.0 Å². The van der Waals surface area contributed by atoms with Gasteiger partial charge in [-0.2, -0.15) is 5.10 Å². The zero-order valence-electron chi connectivity index (χ0n) is 11.1. The van der Waals surface area contributed by atoms with E-state index >= 15 is 0 Å². The minimum atomic E-state index is -0.407. The molecule has 3 rings (SSSR count). The van der Waals surface area contributed by atoms with E-state index in [1.54, 1.807) is 12.1 Å². The van der Waals surface area contributed by atoms with Gasteiger partial charge in [-0.25, -0.2) is 4.39 Å². The summed E-state index contributed by atoms with van der Waals surface area (Å²) in [5, 5.41) is 9.42. The molecular formula is C14H14BrFN4O. The summed E-state index contributed by atoms with van der Waals surface area (Å²) in [5.41, 5.74) is 7.72. The lowest BCUT2D eigenvalue weighted by atomic mass is 10.2. The van der Waals surface area contributed by atoms with Crippen LogP contribution in [0.25, 0.3) is 0 Å². The number of amides is 1. The highest BCUT2D eigenvalue weighted by molar-refractivity contribution is 9.10. The number of H-pyrrole nitrogens is 1. The van der Waals surface area contributed by atoms with E-state index in [9.17, 15) is 9.18 Å². The van der Waals surface area contributed by atoms with E-state index in [1.165, 1.54) is 6.07 Å². The molecule has 7 heteroatoms. The fourth-order valence-corrected chi connectivity index (χ4v) is 2.57. The molecule has 1 aliphatic carbocycles. The first-order valence-corrected chi connectivity index (χ1v) is 7.41. The van der Waals surface area contributed by atoms with Crippen molar-refractivity contribution in [2.45, 2.75) is 25.3 Å². The lowest BCUT2D eigenvalue weighted by Gasteiger charge is -2.06. The molecule has 1 aliphatic rings. The van der Waals surface area contributed by atoms with Crippen molar-refractivity contribution in [1.82, 2.24) is 15.5 Å². The van der Waals surface area contributed by atoms with Crippen LogP contribution in [-0.4, -0.2) is 16.1 Å². The number of rotatable bonds is 4. The van der Waals surface area contributed by atoms with Crippen LogP contribution >= 0.6 is 15.9 Å². The first-order valence-electron chi connectivity index (χ1n) is 6.62. The number of hydrogen-bond donors (Lipinski definition) is 3. The second kappa shape index (κ2) is 5.48. The van der Waals surface area contributed by atoms with Gasteiger partial charge in [0, 0.05) is 22.5 Å². The minimum Gasteiger partial charge on any atom is -0.395 e. The molecule has 1 fully saturated rings. The molecule has 0 aliphatic heterocycles. The summed E-state index contributed by atoms with van der Waals surface area (Å²) >= 11 is 3.27. The number of aromatic amines is 1. The Labute approximate surface area is 129 Å². The Hall–Kier alpha value is -1.89. The zero-order chi connectivity index (χ0) is 15.0. The quantitative estimate of drug-likeness (QED) is 0.790. The molecule has 1 aromatic heterocycles. The molecule has 1 amide bonds. The summed E-state index contributed by atoms with van der Waals surface area (Å²) in [6.45, 7) is 0.0785. The fraction of sp³-hybridized carbons (Fsp3) is 0.286. The monoisotopic (exact) mass is 352 g/mol. The third-order valence-corrected chi connectivity index (χ3v) is 3.97. The van der Waals surface area contributed by atoms with E-state index in [0.717, 1.165) is 23.0 Å². The van der Waals surface area contributed by atoms with E-state index in [2.05, 4.69) is 31.4 Å². The van der Waals surface area contributed by atoms with Gasteiger partial charge in [0.15, 0.2) is 5.69 Å². The average molecular weight is 353 g/mol. The smallest absolute Gasteiger partial charge is 0.274 e. The number of nitrogens with two attached hydrogens (primary N) is 1. The van der Waals surface area contributed by atoms with Crippen LogP contribution in [0.1, 0.15) is 40.5 Å². The average Bonchev–Trinajstić information content (AvgIpc) is 3.22. The van der Waals surface area contributed by atoms with Crippen LogP contribution in [0.4, 0.5) is 10.1 Å². The molecule has 0 bridgehead atoms. The van der Waals surface area contributed by atoms with Gasteiger partial charge in [0.05, 0.1) is 11.4 Å². The van der Waals surface area contributed by atoms with Crippen molar-refractivity contribution in [2.75, 3.05) is 5.73 Å². The van der Waals surface area contributed by atoms with Gasteiger partial charge in [0.25, 0.3) is 5.91 Å². The molecule has 2 aromatic rings. The number of halogens is 2. The number of benzene rings is 1. The molecule has 1 saturated carbocycles. The molecule has 1 heterocycles. The van der Waals surface area contributed by atoms with E-state index < -0.39 is 5.91 Å². The van der Waals surface area contributed by atoms with Crippen molar-refractivity contribution in [1.29, 1.82) is 0 Å². The second-order valence-corrected chi connectivity index (χ2v) is 6.01. The summed E-state index contributed by atoms with van der Waals surface area (Å²) in [6, 6.07) is 4.58. The van der Waals surface area contributed by atoms with Gasteiger partial charge < -0.3 is 11.1 Å². The molecule has 4 N–H and O–H groups in total. The first-order chi connectivity index (χ1) is 10.1. The number of nitrogen functional groups attached to an aromatic ring is 1. The predicted molar refractivity (Wildman–Crippen MR) is 80.2 cm³/mol. The molecule has 1 aromatic carbocycles. The Morgan fingerprint density at radius 3 is 3.00 bits per heavy atom. The molecule has 5 nitrogen and oxygen atoms in total. The van der Waals surface area contributed by atoms with E-state index in [1.807, 2.05) is 0 Å². The highest BCUT2D eigenvalue weighted by atomic mass is 79.9. The highest BCUT2D eigenvalue weighted by Crippen LogP contribution is 2.42. The van der Waals surface area contributed by atoms with Crippen LogP contribution in [0.3, 0.4) is 0 Å². The van der Waals surface area contributed by atoms with E-state index in [0.29, 0.717) is 17.2 Å². The number of carbonyl (C=O) groups excluding carboxylic acids is 1. The molecule has 0 saturated heterocycles. The van der Waals surface area contributed by atoms with Gasteiger partial charge in [-0.1, -0.05) is 15.9 Å². The summed E-state index contributed by atoms with van der Waals surface area (Å²) < 4.78 is 14.4. The molecule has 0 radical (unpaired) electrons. The number of nitrogens with one attached hydrogen (secondary N) is 2. The molecular weight excluding hydrogens is 339 g/mol. The number of aromatic nitrogens is 2. The normalized spacial score (nSPS) is 14.2. The second-order valence-electron chi connectivity index (χ2n) is 5.09. The zero-order valence-corrected chi connectivity index (χ0v) is 12.7. The molecule has 21 heavy (non-hydrogen) atoms. The third-order valence-electron chi connectivity index (χ3n) is 3.48. The molecule has 0 atom stereocenters. The summed E-state index contributed by atoms with van der Waals surface area (Å²) in [7, 11) is 0.